The lowest BCUT2D eigenvalue weighted by Gasteiger charge is -2.46. The molecule has 1 fully saturated rings. The van der Waals surface area contributed by atoms with Gasteiger partial charge in [0.1, 0.15) is 36.1 Å². The molecule has 4 aromatic carbocycles. The highest BCUT2D eigenvalue weighted by Gasteiger charge is 2.48. The van der Waals surface area contributed by atoms with Gasteiger partial charge in [-0.3, -0.25) is 0 Å². The van der Waals surface area contributed by atoms with Crippen LogP contribution in [0.4, 0.5) is 4.79 Å². The van der Waals surface area contributed by atoms with E-state index in [9.17, 15) is 14.7 Å². The number of carboxylic acids is 1. The SMILES string of the molecule is CC(C)(C)OC(=O)N[C@@H](CCC[C@@H]1O[C@H](COCc2ccccc2)[C@H](OCc2ccccc2)[C@H](OCc2ccccc2)[C@H]1OCc1ccccc1)C(=O)O. The molecule has 0 saturated carbocycles. The van der Waals surface area contributed by atoms with Crippen LogP contribution in [-0.2, 0) is 59.6 Å². The first kappa shape index (κ1) is 40.6. The Morgan fingerprint density at radius 3 is 1.52 bits per heavy atom. The molecule has 0 aromatic heterocycles. The van der Waals surface area contributed by atoms with Crippen molar-refractivity contribution in [2.24, 2.45) is 0 Å². The predicted molar refractivity (Wildman–Crippen MR) is 204 cm³/mol. The van der Waals surface area contributed by atoms with Crippen LogP contribution >= 0.6 is 0 Å². The molecule has 54 heavy (non-hydrogen) atoms. The summed E-state index contributed by atoms with van der Waals surface area (Å²) in [6, 6.07) is 38.6. The number of hydrogen-bond acceptors (Lipinski definition) is 8. The zero-order chi connectivity index (χ0) is 38.2. The Morgan fingerprint density at radius 2 is 1.07 bits per heavy atom. The van der Waals surface area contributed by atoms with E-state index in [0.717, 1.165) is 22.3 Å². The first-order chi connectivity index (χ1) is 26.1. The molecule has 0 bridgehead atoms. The Hall–Kier alpha value is -4.58. The number of rotatable bonds is 19. The molecule has 1 aliphatic rings. The van der Waals surface area contributed by atoms with Crippen LogP contribution in [-0.4, -0.2) is 65.9 Å². The number of hydrogen-bond donors (Lipinski definition) is 2. The summed E-state index contributed by atoms with van der Waals surface area (Å²) in [5, 5.41) is 12.5. The van der Waals surface area contributed by atoms with Gasteiger partial charge >= 0.3 is 12.1 Å². The van der Waals surface area contributed by atoms with Crippen molar-refractivity contribution in [2.75, 3.05) is 6.61 Å². The van der Waals surface area contributed by atoms with E-state index in [1.54, 1.807) is 20.8 Å². The number of ether oxygens (including phenoxy) is 6. The van der Waals surface area contributed by atoms with E-state index < -0.39 is 54.2 Å². The third kappa shape index (κ3) is 13.4. The third-order valence-electron chi connectivity index (χ3n) is 8.95. The molecule has 0 unspecified atom stereocenters. The summed E-state index contributed by atoms with van der Waals surface area (Å²) in [5.41, 5.74) is 3.26. The molecule has 1 saturated heterocycles. The summed E-state index contributed by atoms with van der Waals surface area (Å²) in [5.74, 6) is -1.15. The number of carbonyl (C=O) groups is 2. The lowest BCUT2D eigenvalue weighted by Crippen LogP contribution is -2.61. The summed E-state index contributed by atoms with van der Waals surface area (Å²) in [4.78, 5) is 24.7. The Balaban J connectivity index is 1.42. The van der Waals surface area contributed by atoms with Crippen LogP contribution in [0.2, 0.25) is 0 Å². The van der Waals surface area contributed by atoms with Gasteiger partial charge in [-0.25, -0.2) is 9.59 Å². The lowest BCUT2D eigenvalue weighted by atomic mass is 9.91. The van der Waals surface area contributed by atoms with E-state index >= 15 is 0 Å². The van der Waals surface area contributed by atoms with E-state index in [2.05, 4.69) is 5.32 Å². The van der Waals surface area contributed by atoms with E-state index in [0.29, 0.717) is 39.3 Å². The predicted octanol–water partition coefficient (Wildman–Crippen LogP) is 7.88. The lowest BCUT2D eigenvalue weighted by molar-refractivity contribution is -0.273. The maximum atomic E-state index is 12.5. The topological polar surface area (TPSA) is 122 Å². The zero-order valence-electron chi connectivity index (χ0n) is 31.4. The second-order valence-corrected chi connectivity index (χ2v) is 14.5. The maximum Gasteiger partial charge on any atom is 0.408 e. The zero-order valence-corrected chi connectivity index (χ0v) is 31.4. The number of carboxylic acid groups (broad SMARTS) is 1. The van der Waals surface area contributed by atoms with Crippen molar-refractivity contribution in [2.45, 2.75) is 109 Å². The van der Waals surface area contributed by atoms with Gasteiger partial charge in [0.15, 0.2) is 0 Å². The molecule has 5 rings (SSSR count). The number of carbonyl (C=O) groups excluding carboxylic acids is 1. The maximum absolute atomic E-state index is 12.5. The summed E-state index contributed by atoms with van der Waals surface area (Å²) in [6.45, 7) is 6.72. The summed E-state index contributed by atoms with van der Waals surface area (Å²) >= 11 is 0. The smallest absolute Gasteiger partial charge is 0.408 e. The first-order valence-electron chi connectivity index (χ1n) is 18.6. The molecule has 10 nitrogen and oxygen atoms in total. The molecule has 4 aromatic rings. The molecule has 1 amide bonds. The molecule has 0 radical (unpaired) electrons. The highest BCUT2D eigenvalue weighted by atomic mass is 16.6. The minimum atomic E-state index is -1.15. The van der Waals surface area contributed by atoms with Gasteiger partial charge in [-0.1, -0.05) is 121 Å². The molecular formula is C44H53NO9. The minimum Gasteiger partial charge on any atom is -0.480 e. The van der Waals surface area contributed by atoms with Crippen molar-refractivity contribution >= 4 is 12.1 Å². The quantitative estimate of drug-likeness (QED) is 0.0990. The Bertz CT molecular complexity index is 1670. The summed E-state index contributed by atoms with van der Waals surface area (Å²) in [7, 11) is 0. The van der Waals surface area contributed by atoms with E-state index in [1.165, 1.54) is 0 Å². The van der Waals surface area contributed by atoms with Crippen molar-refractivity contribution in [3.05, 3.63) is 144 Å². The van der Waals surface area contributed by atoms with Gasteiger partial charge in [-0.05, 0) is 62.3 Å². The number of nitrogens with one attached hydrogen (secondary N) is 1. The molecule has 1 aliphatic heterocycles. The summed E-state index contributed by atoms with van der Waals surface area (Å²) in [6.07, 6.45) is -2.63. The molecular weight excluding hydrogens is 686 g/mol. The third-order valence-corrected chi connectivity index (χ3v) is 8.95. The van der Waals surface area contributed by atoms with Gasteiger partial charge in [0, 0.05) is 0 Å². The van der Waals surface area contributed by atoms with Crippen LogP contribution in [0.1, 0.15) is 62.3 Å². The largest absolute Gasteiger partial charge is 0.480 e. The van der Waals surface area contributed by atoms with Gasteiger partial charge in [-0.2, -0.15) is 0 Å². The van der Waals surface area contributed by atoms with E-state index in [4.69, 9.17) is 28.4 Å². The molecule has 10 heteroatoms. The van der Waals surface area contributed by atoms with Crippen molar-refractivity contribution < 1.29 is 43.1 Å². The summed E-state index contributed by atoms with van der Waals surface area (Å²) < 4.78 is 38.8. The first-order valence-corrected chi connectivity index (χ1v) is 18.6. The van der Waals surface area contributed by atoms with Crippen molar-refractivity contribution in [3.63, 3.8) is 0 Å². The second-order valence-electron chi connectivity index (χ2n) is 14.5. The van der Waals surface area contributed by atoms with Gasteiger partial charge < -0.3 is 38.8 Å². The molecule has 2 N–H and O–H groups in total. The van der Waals surface area contributed by atoms with Crippen LogP contribution < -0.4 is 5.32 Å². The van der Waals surface area contributed by atoms with Crippen molar-refractivity contribution in [1.29, 1.82) is 0 Å². The van der Waals surface area contributed by atoms with Gasteiger partial charge in [-0.15, -0.1) is 0 Å². The number of amides is 1. The fourth-order valence-electron chi connectivity index (χ4n) is 6.35. The van der Waals surface area contributed by atoms with E-state index in [-0.39, 0.29) is 13.0 Å². The molecule has 0 aliphatic carbocycles. The van der Waals surface area contributed by atoms with Gasteiger partial charge in [0.25, 0.3) is 0 Å². The fraction of sp³-hybridized carbons (Fsp3) is 0.409. The fourth-order valence-corrected chi connectivity index (χ4v) is 6.35. The monoisotopic (exact) mass is 739 g/mol. The van der Waals surface area contributed by atoms with Crippen LogP contribution in [0.15, 0.2) is 121 Å². The molecule has 6 atom stereocenters. The Labute approximate surface area is 318 Å². The van der Waals surface area contributed by atoms with Gasteiger partial charge in [0.2, 0.25) is 0 Å². The van der Waals surface area contributed by atoms with Crippen LogP contribution in [0.25, 0.3) is 0 Å². The van der Waals surface area contributed by atoms with Crippen LogP contribution in [0.3, 0.4) is 0 Å². The molecule has 0 spiro atoms. The number of aliphatic carboxylic acids is 1. The normalized spacial score (nSPS) is 20.5. The number of alkyl carbamates (subject to hydrolysis) is 1. The molecule has 288 valence electrons. The second kappa shape index (κ2) is 20.8. The average molecular weight is 740 g/mol. The van der Waals surface area contributed by atoms with Crippen molar-refractivity contribution in [1.82, 2.24) is 5.32 Å². The van der Waals surface area contributed by atoms with Crippen molar-refractivity contribution in [3.8, 4) is 0 Å². The Kier molecular flexibility index (Phi) is 15.6. The number of benzene rings is 4. The average Bonchev–Trinajstić information content (AvgIpc) is 3.16. The van der Waals surface area contributed by atoms with Gasteiger partial charge in [0.05, 0.1) is 39.1 Å². The molecule has 1 heterocycles. The van der Waals surface area contributed by atoms with Crippen LogP contribution in [0, 0.1) is 0 Å². The standard InChI is InChI=1S/C44H53NO9/c1-44(2,3)54-43(48)45-36(42(46)47)25-16-26-37-39(50-28-33-19-10-5-11-20-33)41(52-30-35-23-14-7-15-24-35)40(51-29-34-21-12-6-13-22-34)38(53-37)31-49-27-32-17-8-4-9-18-32/h4-15,17-24,36-41H,16,25-31H2,1-3H3,(H,45,48)(H,46,47)/t36-,37-,38+,39-,40-,41+/m0/s1. The van der Waals surface area contributed by atoms with E-state index in [1.807, 2.05) is 121 Å². The minimum absolute atomic E-state index is 0.151. The highest BCUT2D eigenvalue weighted by Crippen LogP contribution is 2.33. The van der Waals surface area contributed by atoms with Crippen LogP contribution in [0.5, 0.6) is 0 Å². The highest BCUT2D eigenvalue weighted by molar-refractivity contribution is 5.79. The Morgan fingerprint density at radius 1 is 0.648 bits per heavy atom.